The van der Waals surface area contributed by atoms with Crippen LogP contribution in [0.15, 0.2) is 48.5 Å². The first kappa shape index (κ1) is 24.6. The predicted molar refractivity (Wildman–Crippen MR) is 112 cm³/mol. The molecule has 0 aliphatic heterocycles. The molecule has 7 heteroatoms. The highest BCUT2D eigenvalue weighted by atomic mass is 19.4. The van der Waals surface area contributed by atoms with Gasteiger partial charge >= 0.3 is 12.1 Å². The Morgan fingerprint density at radius 3 is 1.81 bits per heavy atom. The maximum Gasteiger partial charge on any atom is 0.426 e. The highest BCUT2D eigenvalue weighted by Gasteiger charge is 2.57. The molecule has 176 valence electrons. The van der Waals surface area contributed by atoms with Crippen molar-refractivity contribution in [2.45, 2.75) is 56.8 Å². The van der Waals surface area contributed by atoms with E-state index < -0.39 is 23.8 Å². The lowest BCUT2D eigenvalue weighted by Crippen LogP contribution is -2.39. The van der Waals surface area contributed by atoms with Gasteiger partial charge in [-0.05, 0) is 54.2 Å². The first-order chi connectivity index (χ1) is 15.1. The average Bonchev–Trinajstić information content (AvgIpc) is 2.78. The zero-order valence-corrected chi connectivity index (χ0v) is 18.0. The first-order valence-electron chi connectivity index (χ1n) is 10.9. The Balaban J connectivity index is 1.57. The van der Waals surface area contributed by atoms with Gasteiger partial charge in [-0.25, -0.2) is 4.39 Å². The van der Waals surface area contributed by atoms with E-state index in [-0.39, 0.29) is 0 Å². The molecule has 1 fully saturated rings. The summed E-state index contributed by atoms with van der Waals surface area (Å²) in [4.78, 5) is 0. The summed E-state index contributed by atoms with van der Waals surface area (Å²) in [6.45, 7) is 0.837. The number of hydrogen-bond acceptors (Lipinski definition) is 1. The van der Waals surface area contributed by atoms with Crippen LogP contribution in [-0.2, 0) is 17.1 Å². The molecule has 0 bridgehead atoms. The van der Waals surface area contributed by atoms with Gasteiger partial charge in [-0.1, -0.05) is 61.4 Å². The summed E-state index contributed by atoms with van der Waals surface area (Å²) in [5.41, 5.74) is 1.52. The van der Waals surface area contributed by atoms with Crippen molar-refractivity contribution in [1.29, 1.82) is 0 Å². The maximum atomic E-state index is 13.8. The molecule has 2 aromatic carbocycles. The van der Waals surface area contributed by atoms with Crippen LogP contribution in [0.5, 0.6) is 0 Å². The maximum absolute atomic E-state index is 13.8. The van der Waals surface area contributed by atoms with Gasteiger partial charge in [0, 0.05) is 19.3 Å². The minimum Gasteiger partial charge on any atom is -0.384 e. The third-order valence-corrected chi connectivity index (χ3v) is 6.37. The Hall–Kier alpha value is -2.02. The van der Waals surface area contributed by atoms with Gasteiger partial charge in [0.15, 0.2) is 0 Å². The smallest absolute Gasteiger partial charge is 0.384 e. The lowest BCUT2D eigenvalue weighted by atomic mass is 9.80. The second-order valence-corrected chi connectivity index (χ2v) is 8.68. The van der Waals surface area contributed by atoms with Crippen molar-refractivity contribution in [3.63, 3.8) is 0 Å². The largest absolute Gasteiger partial charge is 0.426 e. The number of aryl methyl sites for hydroxylation is 1. The zero-order valence-electron chi connectivity index (χ0n) is 18.0. The van der Waals surface area contributed by atoms with Crippen LogP contribution in [0.4, 0.5) is 26.3 Å². The molecule has 3 rings (SSSR count). The van der Waals surface area contributed by atoms with Crippen LogP contribution in [-0.4, -0.2) is 26.1 Å². The zero-order chi connectivity index (χ0) is 23.4. The summed E-state index contributed by atoms with van der Waals surface area (Å²) in [5, 5.41) is 0. The molecular formula is C25H28F6O. The molecule has 1 unspecified atom stereocenters. The third-order valence-electron chi connectivity index (χ3n) is 6.37. The number of alkyl halides is 6. The van der Waals surface area contributed by atoms with Crippen molar-refractivity contribution in [3.8, 4) is 11.1 Å². The Labute approximate surface area is 184 Å². The topological polar surface area (TPSA) is 9.23 Å². The van der Waals surface area contributed by atoms with Crippen molar-refractivity contribution in [2.24, 2.45) is 11.8 Å². The molecule has 1 aliphatic carbocycles. The molecule has 0 saturated heterocycles. The van der Waals surface area contributed by atoms with Crippen molar-refractivity contribution in [3.05, 3.63) is 59.7 Å². The molecule has 1 saturated carbocycles. The Morgan fingerprint density at radius 2 is 1.31 bits per heavy atom. The van der Waals surface area contributed by atoms with E-state index in [9.17, 15) is 26.3 Å². The number of hydrogen-bond donors (Lipinski definition) is 0. The first-order valence-corrected chi connectivity index (χ1v) is 10.9. The van der Waals surface area contributed by atoms with Crippen LogP contribution in [0.3, 0.4) is 0 Å². The molecule has 1 aliphatic rings. The van der Waals surface area contributed by atoms with E-state index in [1.165, 1.54) is 43.4 Å². The Bertz CT molecular complexity index is 836. The summed E-state index contributed by atoms with van der Waals surface area (Å²) in [6.07, 6.45) is -2.94. The van der Waals surface area contributed by atoms with Gasteiger partial charge < -0.3 is 4.74 Å². The van der Waals surface area contributed by atoms with E-state index in [0.717, 1.165) is 37.1 Å². The number of ether oxygens (including phenoxy) is 1. The van der Waals surface area contributed by atoms with Gasteiger partial charge in [0.25, 0.3) is 6.17 Å². The summed E-state index contributed by atoms with van der Waals surface area (Å²) < 4.78 is 83.3. The highest BCUT2D eigenvalue weighted by Crippen LogP contribution is 2.42. The molecule has 2 aromatic rings. The standard InChI is InChI=1S/C25H28F6O/c1-32-16-19-6-4-17(5-7-19)2-3-18-8-10-20(11-9-18)21-12-14-22(15-13-21)24(27,28)23(26)25(29,30)31/h8-15,17,19,23H,2-7,16H2,1H3. The molecule has 1 atom stereocenters. The van der Waals surface area contributed by atoms with Crippen LogP contribution >= 0.6 is 0 Å². The highest BCUT2D eigenvalue weighted by molar-refractivity contribution is 5.64. The van der Waals surface area contributed by atoms with Crippen molar-refractivity contribution in [2.75, 3.05) is 13.7 Å². The lowest BCUT2D eigenvalue weighted by Gasteiger charge is -2.28. The van der Waals surface area contributed by atoms with Gasteiger partial charge in [-0.2, -0.15) is 22.0 Å². The van der Waals surface area contributed by atoms with Gasteiger partial charge in [0.2, 0.25) is 0 Å². The lowest BCUT2D eigenvalue weighted by molar-refractivity contribution is -0.248. The number of rotatable bonds is 8. The fourth-order valence-corrected chi connectivity index (χ4v) is 4.39. The van der Waals surface area contributed by atoms with Crippen molar-refractivity contribution >= 4 is 0 Å². The molecule has 0 aromatic heterocycles. The Kier molecular flexibility index (Phi) is 7.91. The minimum atomic E-state index is -5.62. The van der Waals surface area contributed by atoms with E-state index in [2.05, 4.69) is 0 Å². The number of halogens is 6. The van der Waals surface area contributed by atoms with Crippen LogP contribution in [0, 0.1) is 11.8 Å². The SMILES string of the molecule is COCC1CCC(CCc2ccc(-c3ccc(C(F)(F)C(F)C(F)(F)F)cc3)cc2)CC1. The summed E-state index contributed by atoms with van der Waals surface area (Å²) >= 11 is 0. The van der Waals surface area contributed by atoms with Crippen LogP contribution in [0.1, 0.15) is 43.2 Å². The van der Waals surface area contributed by atoms with Crippen LogP contribution < -0.4 is 0 Å². The molecule has 0 N–H and O–H groups in total. The molecule has 0 spiro atoms. The van der Waals surface area contributed by atoms with Crippen molar-refractivity contribution < 1.29 is 31.1 Å². The number of benzene rings is 2. The molecule has 0 amide bonds. The third kappa shape index (κ3) is 6.06. The molecule has 32 heavy (non-hydrogen) atoms. The van der Waals surface area contributed by atoms with E-state index in [4.69, 9.17) is 4.74 Å². The van der Waals surface area contributed by atoms with E-state index in [0.29, 0.717) is 17.4 Å². The minimum absolute atomic E-state index is 0.579. The van der Waals surface area contributed by atoms with Crippen LogP contribution in [0.25, 0.3) is 11.1 Å². The molecule has 0 radical (unpaired) electrons. The van der Waals surface area contributed by atoms with Crippen LogP contribution in [0.2, 0.25) is 0 Å². The fraction of sp³-hybridized carbons (Fsp3) is 0.520. The molecular weight excluding hydrogens is 430 g/mol. The fourth-order valence-electron chi connectivity index (χ4n) is 4.39. The van der Waals surface area contributed by atoms with Gasteiger partial charge in [0.1, 0.15) is 0 Å². The van der Waals surface area contributed by atoms with E-state index in [1.54, 1.807) is 7.11 Å². The summed E-state index contributed by atoms with van der Waals surface area (Å²) in [5.74, 6) is -3.25. The second-order valence-electron chi connectivity index (χ2n) is 8.68. The monoisotopic (exact) mass is 458 g/mol. The van der Waals surface area contributed by atoms with E-state index in [1.807, 2.05) is 24.3 Å². The molecule has 1 nitrogen and oxygen atoms in total. The predicted octanol–water partition coefficient (Wildman–Crippen LogP) is 7.73. The molecule has 0 heterocycles. The normalized spacial score (nSPS) is 20.8. The average molecular weight is 458 g/mol. The Morgan fingerprint density at radius 1 is 0.812 bits per heavy atom. The quantitative estimate of drug-likeness (QED) is 0.368. The second kappa shape index (κ2) is 10.3. The van der Waals surface area contributed by atoms with Crippen molar-refractivity contribution in [1.82, 2.24) is 0 Å². The summed E-state index contributed by atoms with van der Waals surface area (Å²) in [6, 6.07) is 12.0. The number of methoxy groups -OCH3 is 1. The van der Waals surface area contributed by atoms with E-state index >= 15 is 0 Å². The summed E-state index contributed by atoms with van der Waals surface area (Å²) in [7, 11) is 1.74. The van der Waals surface area contributed by atoms with Gasteiger partial charge in [-0.15, -0.1) is 0 Å². The van der Waals surface area contributed by atoms with Gasteiger partial charge in [0.05, 0.1) is 0 Å². The van der Waals surface area contributed by atoms with Gasteiger partial charge in [-0.3, -0.25) is 0 Å².